The van der Waals surface area contributed by atoms with Crippen molar-refractivity contribution >= 4 is 45.8 Å². The SMILES string of the molecule is Cn1cc(-c2cc(C(=O)Nc3ccn(Cc4c(Cl)cccc4Cl)n3)c3ccccc3n2)cn1. The Kier molecular flexibility index (Phi) is 5.58. The summed E-state index contributed by atoms with van der Waals surface area (Å²) in [5, 5.41) is 13.4. The van der Waals surface area contributed by atoms with E-state index >= 15 is 0 Å². The van der Waals surface area contributed by atoms with Crippen LogP contribution in [0.4, 0.5) is 5.82 Å². The number of benzene rings is 2. The molecule has 9 heteroatoms. The fourth-order valence-electron chi connectivity index (χ4n) is 3.61. The van der Waals surface area contributed by atoms with Crippen molar-refractivity contribution in [1.29, 1.82) is 0 Å². The van der Waals surface area contributed by atoms with Crippen LogP contribution in [0.15, 0.2) is 73.2 Å². The Morgan fingerprint density at radius 1 is 1.06 bits per heavy atom. The Morgan fingerprint density at radius 2 is 1.85 bits per heavy atom. The summed E-state index contributed by atoms with van der Waals surface area (Å²) in [6, 6.07) is 16.4. The number of carbonyl (C=O) groups is 1. The number of hydrogen-bond acceptors (Lipinski definition) is 4. The molecule has 0 unspecified atom stereocenters. The summed E-state index contributed by atoms with van der Waals surface area (Å²) in [4.78, 5) is 17.9. The highest BCUT2D eigenvalue weighted by atomic mass is 35.5. The zero-order valence-electron chi connectivity index (χ0n) is 17.5. The molecule has 0 aliphatic heterocycles. The highest BCUT2D eigenvalue weighted by Crippen LogP contribution is 2.27. The van der Waals surface area contributed by atoms with Crippen LogP contribution in [0.2, 0.25) is 10.0 Å². The molecular formula is C24H18Cl2N6O. The third kappa shape index (κ3) is 4.33. The standard InChI is InChI=1S/C24H18Cl2N6O/c1-31-13-15(12-27-31)22-11-17(16-5-2-3-8-21(16)28-22)24(33)29-23-9-10-32(30-23)14-18-19(25)6-4-7-20(18)26/h2-13H,14H2,1H3,(H,29,30,33). The van der Waals surface area contributed by atoms with Crippen molar-refractivity contribution < 1.29 is 4.79 Å². The van der Waals surface area contributed by atoms with Crippen LogP contribution in [0, 0.1) is 0 Å². The van der Waals surface area contributed by atoms with Crippen LogP contribution < -0.4 is 5.32 Å². The van der Waals surface area contributed by atoms with E-state index in [2.05, 4.69) is 15.5 Å². The Morgan fingerprint density at radius 3 is 2.61 bits per heavy atom. The molecule has 164 valence electrons. The number of aryl methyl sites for hydroxylation is 1. The van der Waals surface area contributed by atoms with Crippen LogP contribution in [0.25, 0.3) is 22.2 Å². The number of rotatable bonds is 5. The molecule has 3 heterocycles. The van der Waals surface area contributed by atoms with Gasteiger partial charge >= 0.3 is 0 Å². The predicted molar refractivity (Wildman–Crippen MR) is 130 cm³/mol. The molecule has 3 aromatic heterocycles. The van der Waals surface area contributed by atoms with Crippen molar-refractivity contribution in [3.8, 4) is 11.3 Å². The lowest BCUT2D eigenvalue weighted by Crippen LogP contribution is -2.14. The molecule has 33 heavy (non-hydrogen) atoms. The van der Waals surface area contributed by atoms with Crippen LogP contribution in [0.5, 0.6) is 0 Å². The summed E-state index contributed by atoms with van der Waals surface area (Å²) in [7, 11) is 1.84. The Labute approximate surface area is 199 Å². The van der Waals surface area contributed by atoms with Crippen molar-refractivity contribution in [2.45, 2.75) is 6.54 Å². The van der Waals surface area contributed by atoms with E-state index in [9.17, 15) is 4.79 Å². The van der Waals surface area contributed by atoms with Crippen LogP contribution >= 0.6 is 23.2 Å². The van der Waals surface area contributed by atoms with Crippen LogP contribution in [-0.4, -0.2) is 30.5 Å². The number of halogens is 2. The maximum absolute atomic E-state index is 13.2. The van der Waals surface area contributed by atoms with E-state index < -0.39 is 0 Å². The lowest BCUT2D eigenvalue weighted by atomic mass is 10.0. The molecule has 1 amide bonds. The Bertz CT molecular complexity index is 1470. The average molecular weight is 477 g/mol. The molecule has 5 rings (SSSR count). The third-order valence-electron chi connectivity index (χ3n) is 5.23. The number of anilines is 1. The topological polar surface area (TPSA) is 77.6 Å². The van der Waals surface area contributed by atoms with Gasteiger partial charge in [-0.15, -0.1) is 0 Å². The van der Waals surface area contributed by atoms with Gasteiger partial charge in [0.15, 0.2) is 5.82 Å². The number of carbonyl (C=O) groups excluding carboxylic acids is 1. The third-order valence-corrected chi connectivity index (χ3v) is 5.93. The van der Waals surface area contributed by atoms with Gasteiger partial charge in [0.25, 0.3) is 5.91 Å². The number of aromatic nitrogens is 5. The van der Waals surface area contributed by atoms with Gasteiger partial charge in [0.05, 0.1) is 29.5 Å². The number of fused-ring (bicyclic) bond motifs is 1. The van der Waals surface area contributed by atoms with Crippen molar-refractivity contribution in [1.82, 2.24) is 24.5 Å². The monoisotopic (exact) mass is 476 g/mol. The van der Waals surface area contributed by atoms with E-state index in [1.54, 1.807) is 52.1 Å². The minimum absolute atomic E-state index is 0.278. The molecule has 0 fully saturated rings. The summed E-state index contributed by atoms with van der Waals surface area (Å²) < 4.78 is 3.37. The van der Waals surface area contributed by atoms with E-state index in [4.69, 9.17) is 28.2 Å². The van der Waals surface area contributed by atoms with Crippen molar-refractivity contribution in [3.63, 3.8) is 0 Å². The van der Waals surface area contributed by atoms with Gasteiger partial charge in [-0.05, 0) is 24.3 Å². The molecule has 0 atom stereocenters. The number of nitrogens with zero attached hydrogens (tertiary/aromatic N) is 5. The average Bonchev–Trinajstić information content (AvgIpc) is 3.44. The Hall–Kier alpha value is -3.68. The van der Waals surface area contributed by atoms with Gasteiger partial charge in [-0.25, -0.2) is 4.98 Å². The minimum atomic E-state index is -0.278. The van der Waals surface area contributed by atoms with E-state index in [1.165, 1.54) is 0 Å². The number of amides is 1. The zero-order chi connectivity index (χ0) is 22.9. The molecule has 0 aliphatic rings. The van der Waals surface area contributed by atoms with Gasteiger partial charge in [0.2, 0.25) is 0 Å². The number of hydrogen-bond donors (Lipinski definition) is 1. The first-order chi connectivity index (χ1) is 16.0. The summed E-state index contributed by atoms with van der Waals surface area (Å²) in [6.45, 7) is 0.387. The Balaban J connectivity index is 1.44. The predicted octanol–water partition coefficient (Wildman–Crippen LogP) is 5.44. The van der Waals surface area contributed by atoms with Crippen LogP contribution in [0.1, 0.15) is 15.9 Å². The number of para-hydroxylation sites is 1. The summed E-state index contributed by atoms with van der Waals surface area (Å²) >= 11 is 12.5. The first kappa shape index (κ1) is 21.2. The maximum Gasteiger partial charge on any atom is 0.257 e. The van der Waals surface area contributed by atoms with Gasteiger partial charge in [0.1, 0.15) is 0 Å². The first-order valence-corrected chi connectivity index (χ1v) is 10.9. The lowest BCUT2D eigenvalue weighted by Gasteiger charge is -2.09. The highest BCUT2D eigenvalue weighted by Gasteiger charge is 2.16. The zero-order valence-corrected chi connectivity index (χ0v) is 19.0. The van der Waals surface area contributed by atoms with Gasteiger partial charge in [0, 0.05) is 52.1 Å². The van der Waals surface area contributed by atoms with Gasteiger partial charge in [-0.2, -0.15) is 10.2 Å². The highest BCUT2D eigenvalue weighted by molar-refractivity contribution is 6.36. The van der Waals surface area contributed by atoms with E-state index in [0.29, 0.717) is 33.7 Å². The van der Waals surface area contributed by atoms with Crippen molar-refractivity contribution in [2.24, 2.45) is 7.05 Å². The smallest absolute Gasteiger partial charge is 0.257 e. The molecule has 1 N–H and O–H groups in total. The number of nitrogens with one attached hydrogen (secondary N) is 1. The molecule has 0 aliphatic carbocycles. The molecule has 0 radical (unpaired) electrons. The van der Waals surface area contributed by atoms with E-state index in [-0.39, 0.29) is 5.91 Å². The fourth-order valence-corrected chi connectivity index (χ4v) is 4.13. The second-order valence-corrected chi connectivity index (χ2v) is 8.34. The summed E-state index contributed by atoms with van der Waals surface area (Å²) in [5.41, 5.74) is 3.50. The molecule has 5 aromatic rings. The molecular weight excluding hydrogens is 459 g/mol. The van der Waals surface area contributed by atoms with Gasteiger partial charge in [-0.1, -0.05) is 47.5 Å². The van der Waals surface area contributed by atoms with Crippen molar-refractivity contribution in [2.75, 3.05) is 5.32 Å². The molecule has 2 aromatic carbocycles. The summed E-state index contributed by atoms with van der Waals surface area (Å²) in [6.07, 6.45) is 5.35. The van der Waals surface area contributed by atoms with E-state index in [0.717, 1.165) is 22.0 Å². The quantitative estimate of drug-likeness (QED) is 0.366. The largest absolute Gasteiger partial charge is 0.305 e. The second kappa shape index (κ2) is 8.69. The van der Waals surface area contributed by atoms with Gasteiger partial charge < -0.3 is 5.32 Å². The van der Waals surface area contributed by atoms with Crippen LogP contribution in [0.3, 0.4) is 0 Å². The van der Waals surface area contributed by atoms with Crippen LogP contribution in [-0.2, 0) is 13.6 Å². The lowest BCUT2D eigenvalue weighted by molar-refractivity contribution is 0.102. The minimum Gasteiger partial charge on any atom is -0.305 e. The summed E-state index contributed by atoms with van der Waals surface area (Å²) in [5.74, 6) is 0.145. The molecule has 0 saturated carbocycles. The maximum atomic E-state index is 13.2. The fraction of sp³-hybridized carbons (Fsp3) is 0.0833. The number of pyridine rings is 1. The first-order valence-electron chi connectivity index (χ1n) is 10.1. The normalized spacial score (nSPS) is 11.1. The van der Waals surface area contributed by atoms with Gasteiger partial charge in [-0.3, -0.25) is 14.2 Å². The molecule has 0 spiro atoms. The second-order valence-electron chi connectivity index (χ2n) is 7.53. The van der Waals surface area contributed by atoms with E-state index in [1.807, 2.05) is 37.5 Å². The molecule has 7 nitrogen and oxygen atoms in total. The molecule has 0 saturated heterocycles. The molecule has 0 bridgehead atoms. The van der Waals surface area contributed by atoms with Crippen molar-refractivity contribution in [3.05, 3.63) is 94.4 Å².